The van der Waals surface area contributed by atoms with Crippen molar-refractivity contribution in [2.75, 3.05) is 11.9 Å². The fraction of sp³-hybridized carbons (Fsp3) is 0.318. The number of amides is 3. The minimum atomic E-state index is -4.57. The molecule has 3 rings (SSSR count). The molecule has 3 amide bonds. The third-order valence-electron chi connectivity index (χ3n) is 4.77. The molecule has 164 valence electrons. The van der Waals surface area contributed by atoms with Crippen molar-refractivity contribution < 1.29 is 32.3 Å². The van der Waals surface area contributed by atoms with Crippen molar-refractivity contribution in [3.05, 3.63) is 65.7 Å². The van der Waals surface area contributed by atoms with E-state index in [1.165, 1.54) is 12.1 Å². The zero-order valence-corrected chi connectivity index (χ0v) is 16.5. The summed E-state index contributed by atoms with van der Waals surface area (Å²) in [5, 5.41) is 2.17. The fourth-order valence-electron chi connectivity index (χ4n) is 3.32. The van der Waals surface area contributed by atoms with Crippen LogP contribution in [-0.2, 0) is 27.2 Å². The zero-order valence-electron chi connectivity index (χ0n) is 16.5. The van der Waals surface area contributed by atoms with Gasteiger partial charge in [0.25, 0.3) is 0 Å². The molecular formula is C22H21F3N2O4. The van der Waals surface area contributed by atoms with Crippen molar-refractivity contribution in [3.8, 4) is 0 Å². The number of carbonyl (C=O) groups is 3. The molecule has 2 aromatic rings. The summed E-state index contributed by atoms with van der Waals surface area (Å²) in [6.45, 7) is 0.145. The van der Waals surface area contributed by atoms with Crippen molar-refractivity contribution >= 4 is 23.6 Å². The van der Waals surface area contributed by atoms with E-state index in [0.29, 0.717) is 12.8 Å². The van der Waals surface area contributed by atoms with Crippen molar-refractivity contribution in [1.82, 2.24) is 4.90 Å². The summed E-state index contributed by atoms with van der Waals surface area (Å²) >= 11 is 0. The first-order valence-corrected chi connectivity index (χ1v) is 9.69. The highest BCUT2D eigenvalue weighted by Crippen LogP contribution is 2.22. The summed E-state index contributed by atoms with van der Waals surface area (Å²) in [6, 6.07) is 15.3. The third kappa shape index (κ3) is 6.56. The molecule has 1 saturated heterocycles. The summed E-state index contributed by atoms with van der Waals surface area (Å²) in [7, 11) is 0. The molecule has 1 aliphatic rings. The van der Waals surface area contributed by atoms with E-state index in [0.717, 1.165) is 16.0 Å². The Labute approximate surface area is 177 Å². The van der Waals surface area contributed by atoms with Crippen molar-refractivity contribution in [2.45, 2.75) is 37.9 Å². The lowest BCUT2D eigenvalue weighted by Crippen LogP contribution is -2.40. The molecule has 1 fully saturated rings. The Balaban J connectivity index is 1.53. The first kappa shape index (κ1) is 22.3. The topological polar surface area (TPSA) is 75.7 Å². The van der Waals surface area contributed by atoms with E-state index < -0.39 is 24.6 Å². The second kappa shape index (κ2) is 9.63. The predicted octanol–water partition coefficient (Wildman–Crippen LogP) is 4.10. The van der Waals surface area contributed by atoms with E-state index in [-0.39, 0.29) is 30.7 Å². The van der Waals surface area contributed by atoms with Gasteiger partial charge >= 0.3 is 12.3 Å². The summed E-state index contributed by atoms with van der Waals surface area (Å²) < 4.78 is 41.7. The van der Waals surface area contributed by atoms with Crippen LogP contribution in [0.15, 0.2) is 54.6 Å². The van der Waals surface area contributed by atoms with Crippen LogP contribution in [0.4, 0.5) is 23.7 Å². The molecule has 0 spiro atoms. The number of cyclic esters (lactones) is 1. The largest absolute Gasteiger partial charge is 0.447 e. The number of hydrogen-bond donors (Lipinski definition) is 1. The summed E-state index contributed by atoms with van der Waals surface area (Å²) in [4.78, 5) is 37.2. The van der Waals surface area contributed by atoms with E-state index in [1.807, 2.05) is 30.3 Å². The van der Waals surface area contributed by atoms with Gasteiger partial charge in [-0.3, -0.25) is 9.59 Å². The molecule has 0 bridgehead atoms. The third-order valence-corrected chi connectivity index (χ3v) is 4.77. The molecule has 0 aliphatic carbocycles. The number of aryl methyl sites for hydroxylation is 1. The number of imide groups is 1. The van der Waals surface area contributed by atoms with Gasteiger partial charge in [0.05, 0.1) is 6.04 Å². The molecule has 1 aliphatic heterocycles. The van der Waals surface area contributed by atoms with Gasteiger partial charge < -0.3 is 10.1 Å². The van der Waals surface area contributed by atoms with Crippen LogP contribution in [0.2, 0.25) is 0 Å². The molecule has 1 N–H and O–H groups in total. The molecule has 2 aromatic carbocycles. The van der Waals surface area contributed by atoms with Crippen molar-refractivity contribution in [2.24, 2.45) is 0 Å². The molecule has 1 atom stereocenters. The molecule has 0 unspecified atom stereocenters. The predicted molar refractivity (Wildman–Crippen MR) is 106 cm³/mol. The van der Waals surface area contributed by atoms with E-state index in [1.54, 1.807) is 12.1 Å². The number of carbonyl (C=O) groups excluding carboxylic acids is 3. The standard InChI is InChI=1S/C22H21F3N2O4/c23-22(24,25)13-19(28)26-17-9-6-15(7-10-17)8-11-20(29)27-18(14-31-21(27)30)12-16-4-2-1-3-5-16/h1-7,9-10,18H,8,11-14H2,(H,26,28)/t18-/m1/s1. The van der Waals surface area contributed by atoms with Crippen molar-refractivity contribution in [1.29, 1.82) is 0 Å². The Kier molecular flexibility index (Phi) is 6.94. The number of alkyl halides is 3. The van der Waals surface area contributed by atoms with Crippen LogP contribution in [-0.4, -0.2) is 41.6 Å². The minimum Gasteiger partial charge on any atom is -0.447 e. The Bertz CT molecular complexity index is 930. The normalized spacial score (nSPS) is 16.2. The molecule has 6 nitrogen and oxygen atoms in total. The molecule has 0 aromatic heterocycles. The van der Waals surface area contributed by atoms with Gasteiger partial charge in [-0.2, -0.15) is 13.2 Å². The first-order valence-electron chi connectivity index (χ1n) is 9.69. The maximum absolute atomic E-state index is 12.6. The van der Waals surface area contributed by atoms with Crippen LogP contribution in [0.3, 0.4) is 0 Å². The van der Waals surface area contributed by atoms with Crippen LogP contribution in [0.1, 0.15) is 24.0 Å². The van der Waals surface area contributed by atoms with Crippen molar-refractivity contribution in [3.63, 3.8) is 0 Å². The lowest BCUT2D eigenvalue weighted by molar-refractivity contribution is -0.150. The second-order valence-corrected chi connectivity index (χ2v) is 7.22. The highest BCUT2D eigenvalue weighted by Gasteiger charge is 2.37. The number of ether oxygens (including phenoxy) is 1. The second-order valence-electron chi connectivity index (χ2n) is 7.22. The Morgan fingerprint density at radius 1 is 1.03 bits per heavy atom. The van der Waals surface area contributed by atoms with Crippen LogP contribution in [0, 0.1) is 0 Å². The highest BCUT2D eigenvalue weighted by atomic mass is 19.4. The first-order chi connectivity index (χ1) is 14.7. The van der Waals surface area contributed by atoms with Gasteiger partial charge in [0, 0.05) is 12.1 Å². The Morgan fingerprint density at radius 3 is 2.35 bits per heavy atom. The lowest BCUT2D eigenvalue weighted by atomic mass is 10.0. The molecule has 31 heavy (non-hydrogen) atoms. The number of nitrogens with zero attached hydrogens (tertiary/aromatic N) is 1. The van der Waals surface area contributed by atoms with Gasteiger partial charge in [-0.1, -0.05) is 42.5 Å². The van der Waals surface area contributed by atoms with Gasteiger partial charge in [-0.25, -0.2) is 9.69 Å². The monoisotopic (exact) mass is 434 g/mol. The van der Waals surface area contributed by atoms with Crippen LogP contribution < -0.4 is 5.32 Å². The minimum absolute atomic E-state index is 0.0696. The van der Waals surface area contributed by atoms with Crippen LogP contribution >= 0.6 is 0 Å². The number of benzene rings is 2. The van der Waals surface area contributed by atoms with Crippen LogP contribution in [0.25, 0.3) is 0 Å². The average molecular weight is 434 g/mol. The van der Waals surface area contributed by atoms with E-state index in [2.05, 4.69) is 5.32 Å². The van der Waals surface area contributed by atoms with E-state index in [4.69, 9.17) is 4.74 Å². The van der Waals surface area contributed by atoms with Gasteiger partial charge in [0.15, 0.2) is 0 Å². The summed E-state index contributed by atoms with van der Waals surface area (Å²) in [6.07, 6.45) is -5.88. The number of rotatable bonds is 7. The quantitative estimate of drug-likeness (QED) is 0.712. The van der Waals surface area contributed by atoms with Gasteiger partial charge in [-0.15, -0.1) is 0 Å². The Morgan fingerprint density at radius 2 is 1.71 bits per heavy atom. The van der Waals surface area contributed by atoms with Crippen LogP contribution in [0.5, 0.6) is 0 Å². The zero-order chi connectivity index (χ0) is 22.4. The fourth-order valence-corrected chi connectivity index (χ4v) is 3.32. The van der Waals surface area contributed by atoms with Gasteiger partial charge in [-0.05, 0) is 36.1 Å². The van der Waals surface area contributed by atoms with Gasteiger partial charge in [0.1, 0.15) is 13.0 Å². The number of anilines is 1. The maximum Gasteiger partial charge on any atom is 0.416 e. The molecule has 0 saturated carbocycles. The van der Waals surface area contributed by atoms with Gasteiger partial charge in [0.2, 0.25) is 11.8 Å². The maximum atomic E-state index is 12.6. The number of nitrogens with one attached hydrogen (secondary N) is 1. The summed E-state index contributed by atoms with van der Waals surface area (Å²) in [5.41, 5.74) is 1.97. The molecular weight excluding hydrogens is 413 g/mol. The highest BCUT2D eigenvalue weighted by molar-refractivity contribution is 5.93. The Hall–Kier alpha value is -3.36. The summed E-state index contributed by atoms with van der Waals surface area (Å²) in [5.74, 6) is -1.50. The lowest BCUT2D eigenvalue weighted by Gasteiger charge is -2.19. The number of halogens is 3. The van der Waals surface area contributed by atoms with E-state index >= 15 is 0 Å². The molecule has 0 radical (unpaired) electrons. The van der Waals surface area contributed by atoms with E-state index in [9.17, 15) is 27.6 Å². The SMILES string of the molecule is O=C(CC(F)(F)F)Nc1ccc(CCC(=O)N2C(=O)OC[C@H]2Cc2ccccc2)cc1. The number of hydrogen-bond acceptors (Lipinski definition) is 4. The smallest absolute Gasteiger partial charge is 0.416 e. The average Bonchev–Trinajstić information content (AvgIpc) is 3.06. The molecule has 1 heterocycles. The molecule has 9 heteroatoms.